The molecule has 57 heavy (non-hydrogen) atoms. The Bertz CT molecular complexity index is 3180. The second-order valence-electron chi connectivity index (χ2n) is 12.7. The van der Waals surface area contributed by atoms with Crippen molar-refractivity contribution in [3.8, 4) is 33.8 Å². The van der Waals surface area contributed by atoms with Crippen molar-refractivity contribution in [1.29, 1.82) is 0 Å². The number of hydrogen-bond donors (Lipinski definition) is 0. The fraction of sp³-hybridized carbons (Fsp3) is 0.118. The molecule has 4 heterocycles. The van der Waals surface area contributed by atoms with E-state index in [0.717, 1.165) is 24.4 Å². The van der Waals surface area contributed by atoms with E-state index in [2.05, 4.69) is 33.2 Å². The van der Waals surface area contributed by atoms with Crippen LogP contribution in [0.4, 0.5) is 4.39 Å². The maximum Gasteiger partial charge on any atom is 3.00 e. The fourth-order valence-corrected chi connectivity index (χ4v) is 6.19. The van der Waals surface area contributed by atoms with Gasteiger partial charge < -0.3 is 19.4 Å². The van der Waals surface area contributed by atoms with Crippen molar-refractivity contribution in [2.24, 2.45) is 0 Å². The quantitative estimate of drug-likeness (QED) is 0.115. The van der Waals surface area contributed by atoms with Crippen molar-refractivity contribution >= 4 is 21.9 Å². The predicted molar refractivity (Wildman–Crippen MR) is 221 cm³/mol. The SMILES string of the molecule is [2H]C([2H])(c1ccc(-c2[c-]cccc2)nc1)C([2H])([2H])c1cc(C([2H])([2H])C([2H])([2H])c2ccc(-c3[c-]cccc3)nc2)cc(C([2H])([2H])C([2H])([2H])c2ccc(-c3[c-]ccc4c3oc3cccc(F)c34)nc2)c1.[Ir+3]. The maximum atomic E-state index is 14.9. The van der Waals surface area contributed by atoms with Crippen molar-refractivity contribution in [2.75, 3.05) is 0 Å². The minimum absolute atomic E-state index is 0. The van der Waals surface area contributed by atoms with E-state index in [1.54, 1.807) is 66.7 Å². The van der Waals surface area contributed by atoms with E-state index in [0.29, 0.717) is 39.0 Å². The molecule has 4 aromatic heterocycles. The molecule has 0 fully saturated rings. The van der Waals surface area contributed by atoms with Gasteiger partial charge in [-0.1, -0.05) is 71.6 Å². The minimum Gasteiger partial charge on any atom is -0.500 e. The number of hydrogen-bond acceptors (Lipinski definition) is 4. The van der Waals surface area contributed by atoms with E-state index < -0.39 is 60.7 Å². The summed E-state index contributed by atoms with van der Waals surface area (Å²) < 4.78 is 132. The number of benzene rings is 5. The Hall–Kier alpha value is -6.07. The Morgan fingerprint density at radius 1 is 0.509 bits per heavy atom. The van der Waals surface area contributed by atoms with Crippen molar-refractivity contribution in [1.82, 2.24) is 15.0 Å². The van der Waals surface area contributed by atoms with Gasteiger partial charge in [0.15, 0.2) is 0 Å². The van der Waals surface area contributed by atoms with Crippen LogP contribution in [0.3, 0.4) is 0 Å². The molecule has 0 N–H and O–H groups in total. The molecule has 0 radical (unpaired) electrons. The molecule has 4 nitrogen and oxygen atoms in total. The monoisotopic (exact) mass is 931 g/mol. The second kappa shape index (κ2) is 17.4. The van der Waals surface area contributed by atoms with Crippen molar-refractivity contribution in [3.63, 3.8) is 0 Å². The van der Waals surface area contributed by atoms with E-state index in [1.165, 1.54) is 60.9 Å². The smallest absolute Gasteiger partial charge is 0.500 e. The zero-order chi connectivity index (χ0) is 48.4. The summed E-state index contributed by atoms with van der Waals surface area (Å²) in [5.41, 5.74) is 0.768. The third kappa shape index (κ3) is 8.68. The van der Waals surface area contributed by atoms with Crippen molar-refractivity contribution in [3.05, 3.63) is 209 Å². The molecule has 0 aliphatic carbocycles. The summed E-state index contributed by atoms with van der Waals surface area (Å²) in [5.74, 6) is -0.487. The molecule has 278 valence electrons. The first-order valence-electron chi connectivity index (χ1n) is 23.7. The molecule has 0 bridgehead atoms. The molecule has 9 rings (SSSR count). The van der Waals surface area contributed by atoms with Gasteiger partial charge in [0.1, 0.15) is 11.4 Å². The van der Waals surface area contributed by atoms with E-state index in [-0.39, 0.29) is 53.5 Å². The summed E-state index contributed by atoms with van der Waals surface area (Å²) in [4.78, 5) is 13.1. The van der Waals surface area contributed by atoms with E-state index in [1.807, 2.05) is 0 Å². The molecule has 0 aliphatic rings. The van der Waals surface area contributed by atoms with Gasteiger partial charge in [-0.3, -0.25) is 0 Å². The van der Waals surface area contributed by atoms with E-state index in [4.69, 9.17) is 4.42 Å². The van der Waals surface area contributed by atoms with E-state index >= 15 is 0 Å². The number of aryl methyl sites for hydroxylation is 6. The average molecular weight is 931 g/mol. The molecule has 0 atom stereocenters. The number of fused-ring (bicyclic) bond motifs is 3. The van der Waals surface area contributed by atoms with Crippen LogP contribution >= 0.6 is 0 Å². The first kappa shape index (κ1) is 26.0. The van der Waals surface area contributed by atoms with E-state index in [9.17, 15) is 20.8 Å². The summed E-state index contributed by atoms with van der Waals surface area (Å²) in [6, 6.07) is 42.0. The van der Waals surface area contributed by atoms with Crippen LogP contribution in [-0.4, -0.2) is 15.0 Å². The molecule has 0 unspecified atom stereocenters. The van der Waals surface area contributed by atoms with Crippen LogP contribution in [0.5, 0.6) is 0 Å². The number of halogens is 1. The van der Waals surface area contributed by atoms with Crippen LogP contribution in [-0.2, 0) is 58.3 Å². The Kier molecular flexibility index (Phi) is 7.92. The van der Waals surface area contributed by atoms with Crippen LogP contribution in [0, 0.1) is 24.0 Å². The Morgan fingerprint density at radius 3 is 1.49 bits per heavy atom. The third-order valence-electron chi connectivity index (χ3n) is 8.91. The number of rotatable bonds is 12. The maximum absolute atomic E-state index is 14.9. The van der Waals surface area contributed by atoms with Gasteiger partial charge >= 0.3 is 20.1 Å². The van der Waals surface area contributed by atoms with Crippen LogP contribution in [0.15, 0.2) is 156 Å². The Balaban J connectivity index is 0.00000642. The topological polar surface area (TPSA) is 51.8 Å². The fourth-order valence-electron chi connectivity index (χ4n) is 6.19. The zero-order valence-corrected chi connectivity index (χ0v) is 32.3. The molecule has 0 spiro atoms. The van der Waals surface area contributed by atoms with Crippen LogP contribution in [0.2, 0.25) is 0 Å². The number of furan rings is 1. The number of nitrogens with zero attached hydrogens (tertiary/aromatic N) is 3. The zero-order valence-electron chi connectivity index (χ0n) is 41.9. The van der Waals surface area contributed by atoms with Crippen LogP contribution < -0.4 is 0 Å². The van der Waals surface area contributed by atoms with Crippen molar-refractivity contribution in [2.45, 2.75) is 38.2 Å². The molecule has 0 amide bonds. The first-order valence-corrected chi connectivity index (χ1v) is 17.7. The van der Waals surface area contributed by atoms with Gasteiger partial charge in [-0.25, -0.2) is 4.39 Å². The minimum atomic E-state index is -3.14. The summed E-state index contributed by atoms with van der Waals surface area (Å²) >= 11 is 0. The standard InChI is InChI=1S/C51H37FN3O.Ir/c52-45-15-8-16-49-50(45)44-14-7-13-43(51(44)56-49)48-28-25-37(34-55-48)19-22-40-30-38(20-17-35-23-26-46(53-32-35)41-9-3-1-4-10-41)29-39(31-40)21-18-36-24-27-47(54-33-36)42-11-5-2-6-12-42;/h1-9,11,14-16,23-34H,17-22H2;/q-3;+3/i17D2,18D2,19D2,20D2,21D2,22D2;. The largest absolute Gasteiger partial charge is 3.00 e. The predicted octanol–water partition coefficient (Wildman–Crippen LogP) is 11.7. The summed E-state index contributed by atoms with van der Waals surface area (Å²) in [7, 11) is 0. The molecule has 0 aliphatic heterocycles. The summed E-state index contributed by atoms with van der Waals surface area (Å²) in [6.45, 7) is 0. The van der Waals surface area contributed by atoms with Crippen molar-refractivity contribution < 1.29 is 45.4 Å². The molecule has 5 aromatic carbocycles. The van der Waals surface area contributed by atoms with Gasteiger partial charge in [-0.2, -0.15) is 0 Å². The van der Waals surface area contributed by atoms with Gasteiger partial charge in [-0.15, -0.1) is 90.0 Å². The van der Waals surface area contributed by atoms with Crippen LogP contribution in [0.25, 0.3) is 55.7 Å². The Labute approximate surface area is 362 Å². The normalized spacial score (nSPS) is 15.8. The Morgan fingerprint density at radius 2 is 1.02 bits per heavy atom. The molecule has 0 saturated carbocycles. The third-order valence-corrected chi connectivity index (χ3v) is 8.91. The van der Waals surface area contributed by atoms with Crippen LogP contribution in [0.1, 0.15) is 49.8 Å². The molecular weight excluding hydrogens is 882 g/mol. The van der Waals surface area contributed by atoms with Gasteiger partial charge in [-0.05, 0) is 101 Å². The molecule has 0 saturated heterocycles. The summed E-state index contributed by atoms with van der Waals surface area (Å²) in [5, 5.41) is 0.731. The van der Waals surface area contributed by atoms with Gasteiger partial charge in [0.25, 0.3) is 0 Å². The molecule has 6 heteroatoms. The number of pyridine rings is 3. The van der Waals surface area contributed by atoms with Gasteiger partial charge in [0.05, 0.1) is 5.58 Å². The average Bonchev–Trinajstić information content (AvgIpc) is 3.74. The van der Waals surface area contributed by atoms with Gasteiger partial charge in [0, 0.05) is 40.4 Å². The number of aromatic nitrogens is 3. The molecular formula is C51H37FIrN3O. The second-order valence-corrected chi connectivity index (χ2v) is 12.7. The molecule has 9 aromatic rings. The summed E-state index contributed by atoms with van der Waals surface area (Å²) in [6.07, 6.45) is -14.7. The van der Waals surface area contributed by atoms with Gasteiger partial charge in [0.2, 0.25) is 0 Å². The first-order chi connectivity index (χ1) is 32.2.